The van der Waals surface area contributed by atoms with Crippen LogP contribution in [0.25, 0.3) is 6.08 Å². The van der Waals surface area contributed by atoms with Crippen LogP contribution in [0.3, 0.4) is 0 Å². The van der Waals surface area contributed by atoms with Gasteiger partial charge in [-0.15, -0.1) is 0 Å². The highest BCUT2D eigenvalue weighted by Crippen LogP contribution is 2.24. The lowest BCUT2D eigenvalue weighted by Crippen LogP contribution is -1.99. The van der Waals surface area contributed by atoms with Crippen molar-refractivity contribution in [2.24, 2.45) is 0 Å². The van der Waals surface area contributed by atoms with E-state index in [9.17, 15) is 4.79 Å². The van der Waals surface area contributed by atoms with Crippen LogP contribution in [-0.2, 0) is 4.79 Å². The molecule has 0 fully saturated rings. The van der Waals surface area contributed by atoms with Crippen molar-refractivity contribution in [3.63, 3.8) is 0 Å². The van der Waals surface area contributed by atoms with Gasteiger partial charge in [-0.3, -0.25) is 4.79 Å². The molecule has 0 atom stereocenters. The highest BCUT2D eigenvalue weighted by atomic mass is 79.9. The Labute approximate surface area is 124 Å². The highest BCUT2D eigenvalue weighted by Gasteiger charge is 2.02. The van der Waals surface area contributed by atoms with E-state index in [2.05, 4.69) is 22.9 Å². The van der Waals surface area contributed by atoms with E-state index in [1.54, 1.807) is 19.1 Å². The first-order valence-electron chi connectivity index (χ1n) is 6.74. The maximum absolute atomic E-state index is 11.0. The van der Waals surface area contributed by atoms with Crippen LogP contribution in [0.1, 0.15) is 45.1 Å². The topological polar surface area (TPSA) is 26.3 Å². The van der Waals surface area contributed by atoms with E-state index in [4.69, 9.17) is 4.74 Å². The maximum Gasteiger partial charge on any atom is 0.152 e. The molecule has 0 saturated heterocycles. The zero-order chi connectivity index (χ0) is 14.1. The Morgan fingerprint density at radius 3 is 2.79 bits per heavy atom. The quantitative estimate of drug-likeness (QED) is 0.496. The first-order chi connectivity index (χ1) is 9.13. The Morgan fingerprint density at radius 1 is 1.32 bits per heavy atom. The van der Waals surface area contributed by atoms with Gasteiger partial charge in [-0.05, 0) is 43.7 Å². The SMILES string of the molecule is CCCCCCOc1ccc(Br)cc1/C=C\C(C)=O. The molecule has 0 aliphatic heterocycles. The van der Waals surface area contributed by atoms with Gasteiger partial charge in [0.25, 0.3) is 0 Å². The predicted molar refractivity (Wildman–Crippen MR) is 83.5 cm³/mol. The Kier molecular flexibility index (Phi) is 7.49. The molecular weight excluding hydrogens is 304 g/mol. The molecule has 0 radical (unpaired) electrons. The third-order valence-corrected chi connectivity index (χ3v) is 3.22. The molecule has 0 N–H and O–H groups in total. The second-order valence-corrected chi connectivity index (χ2v) is 5.45. The third kappa shape index (κ3) is 6.58. The van der Waals surface area contributed by atoms with E-state index >= 15 is 0 Å². The Morgan fingerprint density at radius 2 is 2.11 bits per heavy atom. The molecule has 1 aromatic carbocycles. The maximum atomic E-state index is 11.0. The summed E-state index contributed by atoms with van der Waals surface area (Å²) >= 11 is 3.43. The standard InChI is InChI=1S/C16H21BrO2/c1-3-4-5-6-11-19-16-10-9-15(17)12-14(16)8-7-13(2)18/h7-10,12H,3-6,11H2,1-2H3/b8-7-. The third-order valence-electron chi connectivity index (χ3n) is 2.72. The number of ether oxygens (including phenoxy) is 1. The van der Waals surface area contributed by atoms with Gasteiger partial charge in [0, 0.05) is 10.0 Å². The number of ketones is 1. The van der Waals surface area contributed by atoms with Crippen molar-refractivity contribution in [3.8, 4) is 5.75 Å². The molecule has 0 aliphatic rings. The van der Waals surface area contributed by atoms with Gasteiger partial charge in [0.2, 0.25) is 0 Å². The number of rotatable bonds is 8. The molecule has 0 amide bonds. The molecular formula is C16H21BrO2. The van der Waals surface area contributed by atoms with Crippen molar-refractivity contribution in [1.82, 2.24) is 0 Å². The summed E-state index contributed by atoms with van der Waals surface area (Å²) in [5.74, 6) is 0.867. The fourth-order valence-corrected chi connectivity index (χ4v) is 2.08. The van der Waals surface area contributed by atoms with Gasteiger partial charge in [-0.2, -0.15) is 0 Å². The van der Waals surface area contributed by atoms with E-state index in [0.29, 0.717) is 0 Å². The number of halogens is 1. The molecule has 19 heavy (non-hydrogen) atoms. The zero-order valence-corrected chi connectivity index (χ0v) is 13.2. The highest BCUT2D eigenvalue weighted by molar-refractivity contribution is 9.10. The average Bonchev–Trinajstić information content (AvgIpc) is 2.38. The number of allylic oxidation sites excluding steroid dienone is 1. The van der Waals surface area contributed by atoms with Gasteiger partial charge in [0.05, 0.1) is 6.61 Å². The Hall–Kier alpha value is -1.09. The molecule has 104 valence electrons. The summed E-state index contributed by atoms with van der Waals surface area (Å²) in [7, 11) is 0. The van der Waals surface area contributed by atoms with E-state index in [1.807, 2.05) is 18.2 Å². The van der Waals surface area contributed by atoms with Crippen molar-refractivity contribution in [1.29, 1.82) is 0 Å². The first-order valence-corrected chi connectivity index (χ1v) is 7.53. The van der Waals surface area contributed by atoms with E-state index in [-0.39, 0.29) is 5.78 Å². The van der Waals surface area contributed by atoms with Crippen LogP contribution in [0, 0.1) is 0 Å². The summed E-state index contributed by atoms with van der Waals surface area (Å²) in [6, 6.07) is 5.84. The van der Waals surface area contributed by atoms with Crippen LogP contribution in [0.4, 0.5) is 0 Å². The first kappa shape index (κ1) is 16.0. The average molecular weight is 325 g/mol. The number of unbranched alkanes of at least 4 members (excludes halogenated alkanes) is 3. The lowest BCUT2D eigenvalue weighted by atomic mass is 10.1. The molecule has 3 heteroatoms. The van der Waals surface area contributed by atoms with Crippen LogP contribution < -0.4 is 4.74 Å². The molecule has 0 saturated carbocycles. The van der Waals surface area contributed by atoms with Gasteiger partial charge in [-0.1, -0.05) is 42.1 Å². The Bertz CT molecular complexity index is 438. The van der Waals surface area contributed by atoms with Crippen molar-refractivity contribution in [3.05, 3.63) is 34.3 Å². The van der Waals surface area contributed by atoms with Crippen LogP contribution in [0.5, 0.6) is 5.75 Å². The van der Waals surface area contributed by atoms with Crippen molar-refractivity contribution < 1.29 is 9.53 Å². The number of carbonyl (C=O) groups is 1. The van der Waals surface area contributed by atoms with Gasteiger partial charge in [0.15, 0.2) is 5.78 Å². The predicted octanol–water partition coefficient (Wildman–Crippen LogP) is 5.01. The molecule has 0 bridgehead atoms. The van der Waals surface area contributed by atoms with Gasteiger partial charge in [-0.25, -0.2) is 0 Å². The van der Waals surface area contributed by atoms with Crippen molar-refractivity contribution in [2.75, 3.05) is 6.61 Å². The molecule has 1 aromatic rings. The molecule has 1 rings (SSSR count). The molecule has 0 aromatic heterocycles. The fraction of sp³-hybridized carbons (Fsp3) is 0.438. The fourth-order valence-electron chi connectivity index (χ4n) is 1.70. The number of hydrogen-bond acceptors (Lipinski definition) is 2. The molecule has 0 unspecified atom stereocenters. The number of carbonyl (C=O) groups excluding carboxylic acids is 1. The summed E-state index contributed by atoms with van der Waals surface area (Å²) in [4.78, 5) is 11.0. The van der Waals surface area contributed by atoms with Gasteiger partial charge < -0.3 is 4.74 Å². The van der Waals surface area contributed by atoms with Crippen LogP contribution in [0.2, 0.25) is 0 Å². The summed E-state index contributed by atoms with van der Waals surface area (Å²) < 4.78 is 6.77. The summed E-state index contributed by atoms with van der Waals surface area (Å²) in [5, 5.41) is 0. The van der Waals surface area contributed by atoms with Gasteiger partial charge >= 0.3 is 0 Å². The minimum absolute atomic E-state index is 0.0360. The molecule has 0 heterocycles. The largest absolute Gasteiger partial charge is 0.493 e. The summed E-state index contributed by atoms with van der Waals surface area (Å²) in [6.45, 7) is 4.46. The van der Waals surface area contributed by atoms with E-state index < -0.39 is 0 Å². The lowest BCUT2D eigenvalue weighted by molar-refractivity contribution is -0.112. The Balaban J connectivity index is 2.63. The summed E-state index contributed by atoms with van der Waals surface area (Å²) in [5.41, 5.74) is 0.931. The second-order valence-electron chi connectivity index (χ2n) is 4.54. The molecule has 0 aliphatic carbocycles. The molecule has 2 nitrogen and oxygen atoms in total. The second kappa shape index (κ2) is 8.92. The van der Waals surface area contributed by atoms with Crippen LogP contribution in [-0.4, -0.2) is 12.4 Å². The number of hydrogen-bond donors (Lipinski definition) is 0. The minimum Gasteiger partial charge on any atom is -0.493 e. The van der Waals surface area contributed by atoms with E-state index in [1.165, 1.54) is 19.3 Å². The lowest BCUT2D eigenvalue weighted by Gasteiger charge is -2.09. The van der Waals surface area contributed by atoms with Crippen molar-refractivity contribution >= 4 is 27.8 Å². The van der Waals surface area contributed by atoms with Crippen LogP contribution >= 0.6 is 15.9 Å². The van der Waals surface area contributed by atoms with Crippen molar-refractivity contribution in [2.45, 2.75) is 39.5 Å². The van der Waals surface area contributed by atoms with Crippen LogP contribution in [0.15, 0.2) is 28.7 Å². The normalized spacial score (nSPS) is 10.9. The monoisotopic (exact) mass is 324 g/mol. The molecule has 0 spiro atoms. The van der Waals surface area contributed by atoms with Gasteiger partial charge in [0.1, 0.15) is 5.75 Å². The smallest absolute Gasteiger partial charge is 0.152 e. The number of benzene rings is 1. The zero-order valence-electron chi connectivity index (χ0n) is 11.6. The minimum atomic E-state index is 0.0360. The van der Waals surface area contributed by atoms with E-state index in [0.717, 1.165) is 28.8 Å². The summed E-state index contributed by atoms with van der Waals surface area (Å²) in [6.07, 6.45) is 8.11.